The number of nitrogens with zero attached hydrogens (tertiary/aromatic N) is 3. The molecule has 9 heteroatoms. The Labute approximate surface area is 197 Å². The van der Waals surface area contributed by atoms with Crippen molar-refractivity contribution in [3.05, 3.63) is 59.7 Å². The van der Waals surface area contributed by atoms with Gasteiger partial charge in [0.1, 0.15) is 12.3 Å². The zero-order valence-corrected chi connectivity index (χ0v) is 19.0. The van der Waals surface area contributed by atoms with Gasteiger partial charge < -0.3 is 15.0 Å². The maximum atomic E-state index is 13.3. The highest BCUT2D eigenvalue weighted by molar-refractivity contribution is 6.10. The first-order valence-electron chi connectivity index (χ1n) is 11.4. The lowest BCUT2D eigenvalue weighted by Crippen LogP contribution is -2.62. The van der Waals surface area contributed by atoms with Gasteiger partial charge in [-0.25, -0.2) is 4.79 Å². The van der Waals surface area contributed by atoms with Crippen LogP contribution in [0.4, 0.5) is 16.2 Å². The first-order chi connectivity index (χ1) is 16.4. The van der Waals surface area contributed by atoms with Crippen molar-refractivity contribution in [2.45, 2.75) is 38.4 Å². The highest BCUT2D eigenvalue weighted by Gasteiger charge is 2.52. The lowest BCUT2D eigenvalue weighted by atomic mass is 9.98. The molecule has 0 saturated carbocycles. The Kier molecular flexibility index (Phi) is 5.47. The number of para-hydroxylation sites is 1. The predicted molar refractivity (Wildman–Crippen MR) is 124 cm³/mol. The van der Waals surface area contributed by atoms with Gasteiger partial charge in [-0.2, -0.15) is 0 Å². The van der Waals surface area contributed by atoms with Crippen LogP contribution in [0.25, 0.3) is 0 Å². The average Bonchev–Trinajstić information content (AvgIpc) is 3.40. The van der Waals surface area contributed by atoms with Crippen LogP contribution < -0.4 is 15.1 Å². The van der Waals surface area contributed by atoms with Crippen molar-refractivity contribution in [1.82, 2.24) is 10.2 Å². The summed E-state index contributed by atoms with van der Waals surface area (Å²) < 4.78 is 4.98. The predicted octanol–water partition coefficient (Wildman–Crippen LogP) is 2.65. The smallest absolute Gasteiger partial charge is 0.414 e. The molecule has 0 spiro atoms. The number of fused-ring (bicyclic) bond motifs is 3. The van der Waals surface area contributed by atoms with Crippen LogP contribution in [0.15, 0.2) is 48.5 Å². The van der Waals surface area contributed by atoms with E-state index >= 15 is 0 Å². The standard InChI is InChI=1S/C25H26N4O5/c1-25-11-9-22(31)29(25)20-8-3-2-7-19(20)23(32)28(25)12-10-21(30)26-16-17-5-4-6-18(15-17)27-13-14-34-24(27)33/h2-8,15H,9-14,16H2,1H3,(H,26,30). The van der Waals surface area contributed by atoms with Crippen molar-refractivity contribution in [1.29, 1.82) is 0 Å². The third-order valence-electron chi connectivity index (χ3n) is 6.78. The quantitative estimate of drug-likeness (QED) is 0.712. The van der Waals surface area contributed by atoms with Crippen LogP contribution in [0.5, 0.6) is 0 Å². The number of carbonyl (C=O) groups is 4. The lowest BCUT2D eigenvalue weighted by molar-refractivity contribution is -0.121. The average molecular weight is 463 g/mol. The number of nitrogens with one attached hydrogen (secondary N) is 1. The zero-order chi connectivity index (χ0) is 23.9. The molecule has 3 aliphatic heterocycles. The molecule has 34 heavy (non-hydrogen) atoms. The highest BCUT2D eigenvalue weighted by atomic mass is 16.6. The van der Waals surface area contributed by atoms with Crippen LogP contribution >= 0.6 is 0 Å². The van der Waals surface area contributed by atoms with Crippen molar-refractivity contribution in [3.8, 4) is 0 Å². The molecule has 3 aliphatic rings. The Morgan fingerprint density at radius 2 is 1.94 bits per heavy atom. The number of amides is 4. The normalized spacial score (nSPS) is 21.4. The number of hydrogen-bond acceptors (Lipinski definition) is 5. The molecular formula is C25H26N4O5. The van der Waals surface area contributed by atoms with Crippen molar-refractivity contribution < 1.29 is 23.9 Å². The molecule has 1 unspecified atom stereocenters. The van der Waals surface area contributed by atoms with E-state index in [9.17, 15) is 19.2 Å². The Hall–Kier alpha value is -3.88. The molecule has 0 radical (unpaired) electrons. The molecule has 0 aliphatic carbocycles. The van der Waals surface area contributed by atoms with Crippen molar-refractivity contribution in [2.24, 2.45) is 0 Å². The fourth-order valence-corrected chi connectivity index (χ4v) is 5.01. The van der Waals surface area contributed by atoms with Gasteiger partial charge in [0.25, 0.3) is 5.91 Å². The molecule has 2 aromatic rings. The summed E-state index contributed by atoms with van der Waals surface area (Å²) >= 11 is 0. The molecule has 2 saturated heterocycles. The van der Waals surface area contributed by atoms with E-state index in [1.54, 1.807) is 32.9 Å². The number of anilines is 2. The van der Waals surface area contributed by atoms with Gasteiger partial charge in [-0.15, -0.1) is 0 Å². The summed E-state index contributed by atoms with van der Waals surface area (Å²) in [4.78, 5) is 55.3. The summed E-state index contributed by atoms with van der Waals surface area (Å²) in [7, 11) is 0. The van der Waals surface area contributed by atoms with E-state index in [1.165, 1.54) is 0 Å². The second-order valence-corrected chi connectivity index (χ2v) is 8.88. The number of benzene rings is 2. The first kappa shape index (κ1) is 21.9. The highest BCUT2D eigenvalue weighted by Crippen LogP contribution is 2.43. The largest absolute Gasteiger partial charge is 0.447 e. The van der Waals surface area contributed by atoms with Gasteiger partial charge in [-0.3, -0.25) is 24.2 Å². The molecule has 4 amide bonds. The number of rotatable bonds is 6. The molecule has 3 heterocycles. The van der Waals surface area contributed by atoms with E-state index in [4.69, 9.17) is 4.74 Å². The minimum absolute atomic E-state index is 0.0151. The molecule has 5 rings (SSSR count). The van der Waals surface area contributed by atoms with E-state index < -0.39 is 5.66 Å². The topological polar surface area (TPSA) is 99.3 Å². The zero-order valence-electron chi connectivity index (χ0n) is 19.0. The molecule has 0 bridgehead atoms. The van der Waals surface area contributed by atoms with E-state index in [0.29, 0.717) is 43.8 Å². The summed E-state index contributed by atoms with van der Waals surface area (Å²) in [5.74, 6) is -0.377. The molecular weight excluding hydrogens is 436 g/mol. The van der Waals surface area contributed by atoms with Gasteiger partial charge in [0.05, 0.1) is 17.8 Å². The van der Waals surface area contributed by atoms with Crippen LogP contribution in [-0.4, -0.2) is 54.1 Å². The maximum Gasteiger partial charge on any atom is 0.414 e. The Bertz CT molecular complexity index is 1180. The molecule has 0 aromatic heterocycles. The summed E-state index contributed by atoms with van der Waals surface area (Å²) in [6.45, 7) is 3.26. The van der Waals surface area contributed by atoms with Crippen LogP contribution in [0, 0.1) is 0 Å². The first-order valence-corrected chi connectivity index (χ1v) is 11.4. The van der Waals surface area contributed by atoms with Gasteiger partial charge in [-0.05, 0) is 43.2 Å². The molecule has 2 aromatic carbocycles. The van der Waals surface area contributed by atoms with Gasteiger partial charge in [0.2, 0.25) is 11.8 Å². The third kappa shape index (κ3) is 3.67. The molecule has 9 nitrogen and oxygen atoms in total. The number of carbonyl (C=O) groups excluding carboxylic acids is 4. The Morgan fingerprint density at radius 3 is 2.74 bits per heavy atom. The Morgan fingerprint density at radius 1 is 1.12 bits per heavy atom. The number of cyclic esters (lactones) is 1. The monoisotopic (exact) mass is 462 g/mol. The van der Waals surface area contributed by atoms with E-state index in [-0.39, 0.29) is 36.8 Å². The summed E-state index contributed by atoms with van der Waals surface area (Å²) in [6.07, 6.45) is 0.631. The number of hydrogen-bond donors (Lipinski definition) is 1. The van der Waals surface area contributed by atoms with Crippen molar-refractivity contribution >= 4 is 35.2 Å². The maximum absolute atomic E-state index is 13.3. The van der Waals surface area contributed by atoms with Crippen LogP contribution in [-0.2, 0) is 20.9 Å². The minimum atomic E-state index is -0.776. The Balaban J connectivity index is 1.24. The molecule has 1 N–H and O–H groups in total. The molecule has 2 fully saturated rings. The summed E-state index contributed by atoms with van der Waals surface area (Å²) in [5, 5.41) is 2.89. The minimum Gasteiger partial charge on any atom is -0.447 e. The summed E-state index contributed by atoms with van der Waals surface area (Å²) in [6, 6.07) is 14.5. The van der Waals surface area contributed by atoms with Gasteiger partial charge in [-0.1, -0.05) is 24.3 Å². The van der Waals surface area contributed by atoms with Crippen LogP contribution in [0.1, 0.15) is 42.1 Å². The van der Waals surface area contributed by atoms with Crippen LogP contribution in [0.2, 0.25) is 0 Å². The van der Waals surface area contributed by atoms with Crippen molar-refractivity contribution in [3.63, 3.8) is 0 Å². The number of ether oxygens (including phenoxy) is 1. The second-order valence-electron chi connectivity index (χ2n) is 8.88. The van der Waals surface area contributed by atoms with Gasteiger partial charge in [0, 0.05) is 31.6 Å². The van der Waals surface area contributed by atoms with Crippen molar-refractivity contribution in [2.75, 3.05) is 29.5 Å². The fraction of sp³-hybridized carbons (Fsp3) is 0.360. The molecule has 1 atom stereocenters. The van der Waals surface area contributed by atoms with E-state index in [2.05, 4.69) is 5.32 Å². The molecule has 176 valence electrons. The van der Waals surface area contributed by atoms with Gasteiger partial charge in [0.15, 0.2) is 0 Å². The second kappa shape index (κ2) is 8.48. The van der Waals surface area contributed by atoms with Crippen LogP contribution in [0.3, 0.4) is 0 Å². The fourth-order valence-electron chi connectivity index (χ4n) is 5.01. The van der Waals surface area contributed by atoms with Gasteiger partial charge >= 0.3 is 6.09 Å². The third-order valence-corrected chi connectivity index (χ3v) is 6.78. The van der Waals surface area contributed by atoms with E-state index in [1.807, 2.05) is 37.3 Å². The lowest BCUT2D eigenvalue weighted by Gasteiger charge is -2.48. The SMILES string of the molecule is CC12CCC(=O)N1c1ccccc1C(=O)N2CCC(=O)NCc1cccc(N2CCOC2=O)c1. The van der Waals surface area contributed by atoms with E-state index in [0.717, 1.165) is 11.3 Å². The summed E-state index contributed by atoms with van der Waals surface area (Å²) in [5.41, 5.74) is 1.92.